The van der Waals surface area contributed by atoms with Gasteiger partial charge < -0.3 is 10.1 Å². The summed E-state index contributed by atoms with van der Waals surface area (Å²) < 4.78 is 5.89. The zero-order valence-electron chi connectivity index (χ0n) is 11.4. The normalized spacial score (nSPS) is 19.4. The zero-order chi connectivity index (χ0) is 13.2. The molecule has 1 aromatic carbocycles. The number of ether oxygens (including phenoxy) is 1. The van der Waals surface area contributed by atoms with E-state index in [-0.39, 0.29) is 5.91 Å². The smallest absolute Gasteiger partial charge is 0.260 e. The van der Waals surface area contributed by atoms with Crippen LogP contribution < -0.4 is 10.1 Å². The van der Waals surface area contributed by atoms with E-state index in [4.69, 9.17) is 4.74 Å². The second kappa shape index (κ2) is 5.24. The lowest BCUT2D eigenvalue weighted by atomic mass is 9.91. The second-order valence-electron chi connectivity index (χ2n) is 5.64. The third kappa shape index (κ3) is 2.91. The summed E-state index contributed by atoms with van der Waals surface area (Å²) in [6, 6.07) is 6.59. The summed E-state index contributed by atoms with van der Waals surface area (Å²) in [5.41, 5.74) is 2.69. The molecular weight excluding hydrogens is 238 g/mol. The molecule has 1 amide bonds. The summed E-state index contributed by atoms with van der Waals surface area (Å²) in [7, 11) is 0. The summed E-state index contributed by atoms with van der Waals surface area (Å²) in [4.78, 5) is 11.9. The molecule has 19 heavy (non-hydrogen) atoms. The van der Waals surface area contributed by atoms with Gasteiger partial charge in [0.25, 0.3) is 5.91 Å². The Morgan fingerprint density at radius 1 is 1.32 bits per heavy atom. The first kappa shape index (κ1) is 12.5. The highest BCUT2D eigenvalue weighted by molar-refractivity contribution is 5.81. The van der Waals surface area contributed by atoms with Crippen molar-refractivity contribution in [3.63, 3.8) is 0 Å². The Morgan fingerprint density at radius 2 is 2.11 bits per heavy atom. The molecule has 0 heterocycles. The first-order valence-corrected chi connectivity index (χ1v) is 7.32. The molecule has 0 unspecified atom stereocenters. The van der Waals surface area contributed by atoms with Gasteiger partial charge in [-0.3, -0.25) is 4.79 Å². The molecule has 1 N–H and O–H groups in total. The molecule has 3 rings (SSSR count). The van der Waals surface area contributed by atoms with Crippen LogP contribution in [0.3, 0.4) is 0 Å². The lowest BCUT2D eigenvalue weighted by Crippen LogP contribution is -2.37. The molecule has 2 aliphatic rings. The van der Waals surface area contributed by atoms with Crippen molar-refractivity contribution < 1.29 is 9.53 Å². The first-order valence-electron chi connectivity index (χ1n) is 7.32. The minimum atomic E-state index is -0.408. The van der Waals surface area contributed by atoms with Crippen molar-refractivity contribution in [3.8, 4) is 5.75 Å². The van der Waals surface area contributed by atoms with E-state index >= 15 is 0 Å². The monoisotopic (exact) mass is 259 g/mol. The Kier molecular flexibility index (Phi) is 3.45. The third-order valence-corrected chi connectivity index (χ3v) is 3.95. The van der Waals surface area contributed by atoms with Gasteiger partial charge in [-0.25, -0.2) is 0 Å². The van der Waals surface area contributed by atoms with Crippen LogP contribution in [-0.2, 0) is 17.6 Å². The number of carbonyl (C=O) groups is 1. The molecule has 102 valence electrons. The summed E-state index contributed by atoms with van der Waals surface area (Å²) >= 11 is 0. The lowest BCUT2D eigenvalue weighted by Gasteiger charge is -2.22. The van der Waals surface area contributed by atoms with Gasteiger partial charge in [0.1, 0.15) is 5.75 Å². The van der Waals surface area contributed by atoms with Crippen LogP contribution >= 0.6 is 0 Å². The average molecular weight is 259 g/mol. The van der Waals surface area contributed by atoms with Crippen molar-refractivity contribution >= 4 is 5.91 Å². The fourth-order valence-corrected chi connectivity index (χ4v) is 2.65. The van der Waals surface area contributed by atoms with E-state index in [1.165, 1.54) is 24.0 Å². The third-order valence-electron chi connectivity index (χ3n) is 3.95. The van der Waals surface area contributed by atoms with Gasteiger partial charge in [-0.2, -0.15) is 0 Å². The summed E-state index contributed by atoms with van der Waals surface area (Å²) in [6.45, 7) is 1.83. The lowest BCUT2D eigenvalue weighted by molar-refractivity contribution is -0.127. The Hall–Kier alpha value is -1.51. The SMILES string of the molecule is C[C@H](Oc1cccc2c1CCCC2)C(=O)NC1CC1. The van der Waals surface area contributed by atoms with Crippen LogP contribution in [-0.4, -0.2) is 18.1 Å². The number of rotatable bonds is 4. The molecule has 2 aliphatic carbocycles. The Bertz CT molecular complexity index is 480. The molecule has 3 heteroatoms. The fourth-order valence-electron chi connectivity index (χ4n) is 2.65. The average Bonchev–Trinajstić information content (AvgIpc) is 3.23. The van der Waals surface area contributed by atoms with Crippen molar-refractivity contribution in [2.45, 2.75) is 57.6 Å². The van der Waals surface area contributed by atoms with E-state index in [0.29, 0.717) is 6.04 Å². The van der Waals surface area contributed by atoms with E-state index in [1.54, 1.807) is 0 Å². The largest absolute Gasteiger partial charge is 0.481 e. The highest BCUT2D eigenvalue weighted by Crippen LogP contribution is 2.30. The number of hydrogen-bond donors (Lipinski definition) is 1. The van der Waals surface area contributed by atoms with Crippen molar-refractivity contribution in [2.24, 2.45) is 0 Å². The van der Waals surface area contributed by atoms with Crippen LogP contribution in [0.2, 0.25) is 0 Å². The van der Waals surface area contributed by atoms with Gasteiger partial charge in [-0.15, -0.1) is 0 Å². The van der Waals surface area contributed by atoms with Gasteiger partial charge in [0.2, 0.25) is 0 Å². The van der Waals surface area contributed by atoms with Crippen LogP contribution in [0.15, 0.2) is 18.2 Å². The topological polar surface area (TPSA) is 38.3 Å². The fraction of sp³-hybridized carbons (Fsp3) is 0.562. The second-order valence-corrected chi connectivity index (χ2v) is 5.64. The molecular formula is C16H21NO2. The molecule has 0 spiro atoms. The van der Waals surface area contributed by atoms with Crippen LogP contribution in [0.1, 0.15) is 43.7 Å². The maximum Gasteiger partial charge on any atom is 0.260 e. The van der Waals surface area contributed by atoms with E-state index in [2.05, 4.69) is 11.4 Å². The number of carbonyl (C=O) groups excluding carboxylic acids is 1. The molecule has 1 fully saturated rings. The van der Waals surface area contributed by atoms with Crippen molar-refractivity contribution in [3.05, 3.63) is 29.3 Å². The van der Waals surface area contributed by atoms with E-state index in [1.807, 2.05) is 19.1 Å². The van der Waals surface area contributed by atoms with Crippen LogP contribution in [0, 0.1) is 0 Å². The Morgan fingerprint density at radius 3 is 2.89 bits per heavy atom. The molecule has 0 bridgehead atoms. The summed E-state index contributed by atoms with van der Waals surface area (Å²) in [5.74, 6) is 0.909. The van der Waals surface area contributed by atoms with E-state index in [0.717, 1.165) is 31.4 Å². The van der Waals surface area contributed by atoms with Crippen LogP contribution in [0.25, 0.3) is 0 Å². The first-order chi connectivity index (χ1) is 9.24. The van der Waals surface area contributed by atoms with Gasteiger partial charge in [0.15, 0.2) is 6.10 Å². The minimum Gasteiger partial charge on any atom is -0.481 e. The van der Waals surface area contributed by atoms with Gasteiger partial charge in [0, 0.05) is 6.04 Å². The highest BCUT2D eigenvalue weighted by atomic mass is 16.5. The number of amides is 1. The van der Waals surface area contributed by atoms with Gasteiger partial charge in [0.05, 0.1) is 0 Å². The minimum absolute atomic E-state index is 0.0101. The van der Waals surface area contributed by atoms with Crippen LogP contribution in [0.4, 0.5) is 0 Å². The molecule has 0 aromatic heterocycles. The van der Waals surface area contributed by atoms with E-state index < -0.39 is 6.10 Å². The number of benzene rings is 1. The Labute approximate surface area is 114 Å². The molecule has 1 atom stereocenters. The highest BCUT2D eigenvalue weighted by Gasteiger charge is 2.27. The number of fused-ring (bicyclic) bond motifs is 1. The van der Waals surface area contributed by atoms with Crippen molar-refractivity contribution in [1.29, 1.82) is 0 Å². The van der Waals surface area contributed by atoms with E-state index in [9.17, 15) is 4.79 Å². The molecule has 0 saturated heterocycles. The predicted octanol–water partition coefficient (Wildman–Crippen LogP) is 2.61. The van der Waals surface area contributed by atoms with Gasteiger partial charge >= 0.3 is 0 Å². The number of hydrogen-bond acceptors (Lipinski definition) is 2. The van der Waals surface area contributed by atoms with Crippen LogP contribution in [0.5, 0.6) is 5.75 Å². The summed E-state index contributed by atoms with van der Waals surface area (Å²) in [5, 5.41) is 2.99. The molecule has 0 aliphatic heterocycles. The number of aryl methyl sites for hydroxylation is 1. The maximum atomic E-state index is 11.9. The molecule has 0 radical (unpaired) electrons. The van der Waals surface area contributed by atoms with Gasteiger partial charge in [-0.1, -0.05) is 12.1 Å². The number of nitrogens with one attached hydrogen (secondary N) is 1. The molecule has 1 aromatic rings. The maximum absolute atomic E-state index is 11.9. The molecule has 1 saturated carbocycles. The molecule has 3 nitrogen and oxygen atoms in total. The quantitative estimate of drug-likeness (QED) is 0.902. The Balaban J connectivity index is 1.69. The van der Waals surface area contributed by atoms with Gasteiger partial charge in [-0.05, 0) is 62.6 Å². The zero-order valence-corrected chi connectivity index (χ0v) is 11.4. The predicted molar refractivity (Wildman–Crippen MR) is 74.3 cm³/mol. The van der Waals surface area contributed by atoms with Crippen molar-refractivity contribution in [2.75, 3.05) is 0 Å². The summed E-state index contributed by atoms with van der Waals surface area (Å²) in [6.07, 6.45) is 6.49. The van der Waals surface area contributed by atoms with Crippen molar-refractivity contribution in [1.82, 2.24) is 5.32 Å². The standard InChI is InChI=1S/C16H21NO2/c1-11(16(18)17-13-9-10-13)19-15-8-4-6-12-5-2-3-7-14(12)15/h4,6,8,11,13H,2-3,5,7,9-10H2,1H3,(H,17,18)/t11-/m0/s1.